The van der Waals surface area contributed by atoms with Crippen LogP contribution in [0.4, 0.5) is 24.7 Å². The van der Waals surface area contributed by atoms with Gasteiger partial charge in [-0.2, -0.15) is 0 Å². The van der Waals surface area contributed by atoms with Crippen LogP contribution < -0.4 is 24.7 Å². The van der Waals surface area contributed by atoms with Gasteiger partial charge in [-0.1, -0.05) is 6.57 Å². The molecule has 1 aromatic carbocycles. The average molecular weight is 552 g/mol. The predicted molar refractivity (Wildman–Crippen MR) is 142 cm³/mol. The molecule has 0 saturated carbocycles. The highest BCUT2D eigenvalue weighted by atomic mass is 19.4. The van der Waals surface area contributed by atoms with Crippen molar-refractivity contribution >= 4 is 22.5 Å². The molecule has 0 spiro atoms. The summed E-state index contributed by atoms with van der Waals surface area (Å²) in [5.74, 6) is 0.674. The molecule has 9 nitrogen and oxygen atoms in total. The van der Waals surface area contributed by atoms with Crippen LogP contribution in [0.1, 0.15) is 12.8 Å². The van der Waals surface area contributed by atoms with E-state index in [4.69, 9.17) is 16.0 Å². The van der Waals surface area contributed by atoms with Gasteiger partial charge in [-0.3, -0.25) is 4.79 Å². The smallest absolute Gasteiger partial charge is 0.490 e. The molecule has 206 valence electrons. The van der Waals surface area contributed by atoms with Crippen LogP contribution in [0, 0.1) is 6.57 Å². The first-order valence-corrected chi connectivity index (χ1v) is 12.4. The highest BCUT2D eigenvalue weighted by Gasteiger charge is 2.31. The first-order chi connectivity index (χ1) is 19.2. The molecular weight excluding hydrogens is 527 g/mol. The second-order valence-electron chi connectivity index (χ2n) is 9.15. The molecule has 1 fully saturated rings. The topological polar surface area (TPSA) is 83.1 Å². The number of rotatable bonds is 6. The Morgan fingerprint density at radius 2 is 1.75 bits per heavy atom. The number of aromatic nitrogens is 3. The third-order valence-corrected chi connectivity index (χ3v) is 6.67. The van der Waals surface area contributed by atoms with Crippen LogP contribution >= 0.6 is 0 Å². The van der Waals surface area contributed by atoms with Gasteiger partial charge >= 0.3 is 6.36 Å². The number of hydrogen-bond acceptors (Lipinski definition) is 7. The van der Waals surface area contributed by atoms with Gasteiger partial charge in [0.15, 0.2) is 0 Å². The molecule has 1 aliphatic heterocycles. The van der Waals surface area contributed by atoms with Gasteiger partial charge in [0.2, 0.25) is 11.4 Å². The summed E-state index contributed by atoms with van der Waals surface area (Å²) in [5.41, 5.74) is 2.54. The van der Waals surface area contributed by atoms with Crippen molar-refractivity contribution in [3.63, 3.8) is 0 Å². The van der Waals surface area contributed by atoms with Gasteiger partial charge in [-0.05, 0) is 48.0 Å². The molecule has 5 rings (SSSR count). The monoisotopic (exact) mass is 551 g/mol. The molecule has 0 amide bonds. The number of aryl methyl sites for hydroxylation is 1. The Kier molecular flexibility index (Phi) is 7.21. The fourth-order valence-corrected chi connectivity index (χ4v) is 4.80. The van der Waals surface area contributed by atoms with Crippen molar-refractivity contribution in [1.82, 2.24) is 14.5 Å². The normalized spacial score (nSPS) is 14.2. The van der Waals surface area contributed by atoms with E-state index in [1.165, 1.54) is 35.9 Å². The third-order valence-electron chi connectivity index (χ3n) is 6.67. The highest BCUT2D eigenvalue weighted by Crippen LogP contribution is 2.37. The number of alkyl halides is 3. The van der Waals surface area contributed by atoms with E-state index in [1.807, 2.05) is 0 Å². The second kappa shape index (κ2) is 10.8. The highest BCUT2D eigenvalue weighted by molar-refractivity contribution is 5.98. The maximum atomic E-state index is 13.7. The Labute approximate surface area is 227 Å². The Balaban J connectivity index is 1.47. The molecule has 0 aliphatic carbocycles. The molecule has 1 aliphatic rings. The van der Waals surface area contributed by atoms with Crippen molar-refractivity contribution in [1.29, 1.82) is 0 Å². The average Bonchev–Trinajstić information content (AvgIpc) is 2.95. The number of halogens is 3. The SMILES string of the molecule is [C-]#[N+]c1ccc2c(n1)c(N1CCC(Oc3ccc(OC(F)(F)F)cc3)CC1)c(-c1ccnc(OC)c1)c(=O)n2C. The number of nitrogens with zero attached hydrogens (tertiary/aromatic N) is 5. The largest absolute Gasteiger partial charge is 0.573 e. The minimum absolute atomic E-state index is 0.195. The minimum atomic E-state index is -4.76. The zero-order chi connectivity index (χ0) is 28.4. The quantitative estimate of drug-likeness (QED) is 0.293. The van der Waals surface area contributed by atoms with E-state index < -0.39 is 6.36 Å². The summed E-state index contributed by atoms with van der Waals surface area (Å²) in [6.07, 6.45) is -2.23. The summed E-state index contributed by atoms with van der Waals surface area (Å²) in [7, 11) is 3.16. The number of anilines is 1. The van der Waals surface area contributed by atoms with Gasteiger partial charge in [0.1, 0.15) is 23.3 Å². The number of piperidine rings is 1. The van der Waals surface area contributed by atoms with Gasteiger partial charge in [-0.25, -0.2) is 4.98 Å². The molecule has 0 bridgehead atoms. The Hall–Kier alpha value is -4.79. The van der Waals surface area contributed by atoms with E-state index >= 15 is 0 Å². The molecule has 3 aromatic heterocycles. The number of fused-ring (bicyclic) bond motifs is 1. The predicted octanol–water partition coefficient (Wildman–Crippen LogP) is 5.50. The van der Waals surface area contributed by atoms with Crippen LogP contribution in [0.5, 0.6) is 17.4 Å². The van der Waals surface area contributed by atoms with Crippen molar-refractivity contribution in [2.45, 2.75) is 25.3 Å². The van der Waals surface area contributed by atoms with Crippen molar-refractivity contribution in [2.24, 2.45) is 7.05 Å². The van der Waals surface area contributed by atoms with Crippen molar-refractivity contribution in [2.75, 3.05) is 25.1 Å². The molecule has 0 N–H and O–H groups in total. The van der Waals surface area contributed by atoms with Crippen LogP contribution in [0.25, 0.3) is 27.0 Å². The maximum Gasteiger partial charge on any atom is 0.573 e. The second-order valence-corrected chi connectivity index (χ2v) is 9.15. The molecule has 0 atom stereocenters. The fraction of sp³-hybridized carbons (Fsp3) is 0.286. The molecule has 0 radical (unpaired) electrons. The lowest BCUT2D eigenvalue weighted by molar-refractivity contribution is -0.274. The molecule has 40 heavy (non-hydrogen) atoms. The molecule has 12 heteroatoms. The first-order valence-electron chi connectivity index (χ1n) is 12.4. The van der Waals surface area contributed by atoms with Crippen LogP contribution in [-0.4, -0.2) is 47.2 Å². The molecular formula is C28H24F3N5O4. The standard InChI is InChI=1S/C28H24F3N5O4/c1-32-22-9-8-21-25(34-22)26(24(27(37)35(21)2)17-10-13-33-23(16-17)38-3)36-14-11-19(12-15-36)39-18-4-6-20(7-5-18)40-28(29,30)31/h4-10,13,16,19H,11-12,14-15H2,2-3H3. The first kappa shape index (κ1) is 26.8. The Morgan fingerprint density at radius 1 is 1.05 bits per heavy atom. The summed E-state index contributed by atoms with van der Waals surface area (Å²) < 4.78 is 54.1. The molecule has 4 aromatic rings. The summed E-state index contributed by atoms with van der Waals surface area (Å²) in [6, 6.07) is 12.0. The van der Waals surface area contributed by atoms with Crippen LogP contribution in [-0.2, 0) is 7.05 Å². The number of methoxy groups -OCH3 is 1. The number of hydrogen-bond donors (Lipinski definition) is 0. The van der Waals surface area contributed by atoms with Crippen LogP contribution in [0.2, 0.25) is 0 Å². The summed E-state index contributed by atoms with van der Waals surface area (Å²) in [6.45, 7) is 8.50. The van der Waals surface area contributed by atoms with Crippen molar-refractivity contribution in [3.05, 3.63) is 76.5 Å². The molecule has 0 unspecified atom stereocenters. The van der Waals surface area contributed by atoms with Gasteiger partial charge in [0.25, 0.3) is 11.4 Å². The van der Waals surface area contributed by atoms with Crippen LogP contribution in [0.15, 0.2) is 59.5 Å². The van der Waals surface area contributed by atoms with E-state index in [1.54, 1.807) is 37.5 Å². The lowest BCUT2D eigenvalue weighted by Gasteiger charge is -2.34. The van der Waals surface area contributed by atoms with Gasteiger partial charge in [-0.15, -0.1) is 18.2 Å². The third kappa shape index (κ3) is 5.49. The van der Waals surface area contributed by atoms with E-state index in [2.05, 4.69) is 24.4 Å². The van der Waals surface area contributed by atoms with Crippen molar-refractivity contribution in [3.8, 4) is 28.5 Å². The van der Waals surface area contributed by atoms with E-state index in [9.17, 15) is 18.0 Å². The van der Waals surface area contributed by atoms with E-state index in [0.717, 1.165) is 0 Å². The minimum Gasteiger partial charge on any atom is -0.490 e. The Bertz CT molecular complexity index is 1640. The summed E-state index contributed by atoms with van der Waals surface area (Å²) >= 11 is 0. The van der Waals surface area contributed by atoms with Crippen molar-refractivity contribution < 1.29 is 27.4 Å². The molecule has 4 heterocycles. The van der Waals surface area contributed by atoms with E-state index in [0.29, 0.717) is 65.4 Å². The van der Waals surface area contributed by atoms with E-state index in [-0.39, 0.29) is 23.2 Å². The zero-order valence-electron chi connectivity index (χ0n) is 21.6. The zero-order valence-corrected chi connectivity index (χ0v) is 21.6. The fourth-order valence-electron chi connectivity index (χ4n) is 4.80. The van der Waals surface area contributed by atoms with Gasteiger partial charge < -0.3 is 28.5 Å². The number of pyridine rings is 3. The Morgan fingerprint density at radius 3 is 2.40 bits per heavy atom. The maximum absolute atomic E-state index is 13.7. The van der Waals surface area contributed by atoms with Crippen LogP contribution in [0.3, 0.4) is 0 Å². The lowest BCUT2D eigenvalue weighted by atomic mass is 10.0. The van der Waals surface area contributed by atoms with Gasteiger partial charge in [0.05, 0.1) is 18.2 Å². The lowest BCUT2D eigenvalue weighted by Crippen LogP contribution is -2.39. The van der Waals surface area contributed by atoms with Gasteiger partial charge in [0, 0.05) is 45.2 Å². The molecule has 1 saturated heterocycles. The summed E-state index contributed by atoms with van der Waals surface area (Å²) in [5, 5.41) is 0. The number of benzene rings is 1. The summed E-state index contributed by atoms with van der Waals surface area (Å²) in [4.78, 5) is 28.0. The number of ether oxygens (including phenoxy) is 3.